The van der Waals surface area contributed by atoms with E-state index in [1.165, 1.54) is 0 Å². The van der Waals surface area contributed by atoms with Crippen molar-refractivity contribution in [2.45, 2.75) is 44.9 Å². The van der Waals surface area contributed by atoms with E-state index in [1.807, 2.05) is 17.7 Å². The van der Waals surface area contributed by atoms with Gasteiger partial charge < -0.3 is 9.88 Å². The zero-order chi connectivity index (χ0) is 13.2. The van der Waals surface area contributed by atoms with Gasteiger partial charge in [0.2, 0.25) is 0 Å². The molecule has 2 atom stereocenters. The predicted octanol–water partition coefficient (Wildman–Crippen LogP) is 2.38. The number of nitrogens with one attached hydrogen (secondary N) is 1. The summed E-state index contributed by atoms with van der Waals surface area (Å²) >= 11 is 0. The number of hydrogen-bond donors (Lipinski definition) is 1. The Morgan fingerprint density at radius 2 is 2.28 bits per heavy atom. The van der Waals surface area contributed by atoms with Gasteiger partial charge in [0.1, 0.15) is 11.9 Å². The Balaban J connectivity index is 1.98. The molecule has 1 saturated heterocycles. The lowest BCUT2D eigenvalue weighted by Crippen LogP contribution is -2.48. The van der Waals surface area contributed by atoms with Gasteiger partial charge >= 0.3 is 6.18 Å². The van der Waals surface area contributed by atoms with E-state index >= 15 is 0 Å². The third-order valence-electron chi connectivity index (χ3n) is 3.52. The van der Waals surface area contributed by atoms with Crippen LogP contribution < -0.4 is 5.32 Å². The lowest BCUT2D eigenvalue weighted by molar-refractivity contribution is -0.163. The lowest BCUT2D eigenvalue weighted by Gasteiger charge is -2.31. The first-order chi connectivity index (χ1) is 8.50. The summed E-state index contributed by atoms with van der Waals surface area (Å²) in [7, 11) is 0. The average molecular weight is 261 g/mol. The van der Waals surface area contributed by atoms with Crippen molar-refractivity contribution in [1.82, 2.24) is 14.9 Å². The monoisotopic (exact) mass is 261 g/mol. The Labute approximate surface area is 104 Å². The van der Waals surface area contributed by atoms with Crippen LogP contribution in [0.25, 0.3) is 0 Å². The van der Waals surface area contributed by atoms with Crippen molar-refractivity contribution in [3.63, 3.8) is 0 Å². The smallest absolute Gasteiger partial charge is 0.335 e. The van der Waals surface area contributed by atoms with Crippen molar-refractivity contribution in [2.75, 3.05) is 6.54 Å². The Hall–Kier alpha value is -1.04. The van der Waals surface area contributed by atoms with Gasteiger partial charge in [0.15, 0.2) is 0 Å². The number of piperidine rings is 1. The number of hydrogen-bond acceptors (Lipinski definition) is 2. The van der Waals surface area contributed by atoms with Gasteiger partial charge in [-0.2, -0.15) is 13.2 Å². The third kappa shape index (κ3) is 3.04. The maximum Gasteiger partial charge on any atom is 0.403 e. The van der Waals surface area contributed by atoms with Crippen molar-refractivity contribution in [2.24, 2.45) is 5.92 Å². The average Bonchev–Trinajstić information content (AvgIpc) is 2.75. The second-order valence-corrected chi connectivity index (χ2v) is 4.77. The molecule has 6 heteroatoms. The Morgan fingerprint density at radius 3 is 2.94 bits per heavy atom. The molecule has 2 rings (SSSR count). The van der Waals surface area contributed by atoms with Crippen molar-refractivity contribution in [3.8, 4) is 0 Å². The van der Waals surface area contributed by atoms with Crippen LogP contribution >= 0.6 is 0 Å². The van der Waals surface area contributed by atoms with Gasteiger partial charge in [-0.1, -0.05) is 0 Å². The number of nitrogens with zero attached hydrogens (tertiary/aromatic N) is 2. The molecule has 2 unspecified atom stereocenters. The molecule has 1 N–H and O–H groups in total. The molecule has 1 aromatic rings. The van der Waals surface area contributed by atoms with Crippen LogP contribution in [-0.4, -0.2) is 28.3 Å². The highest BCUT2D eigenvalue weighted by Crippen LogP contribution is 2.30. The van der Waals surface area contributed by atoms with E-state index in [1.54, 1.807) is 6.20 Å². The summed E-state index contributed by atoms with van der Waals surface area (Å²) < 4.78 is 40.0. The summed E-state index contributed by atoms with van der Waals surface area (Å²) in [4.78, 5) is 4.23. The fraction of sp³-hybridized carbons (Fsp3) is 0.750. The number of aryl methyl sites for hydroxylation is 1. The topological polar surface area (TPSA) is 29.9 Å². The quantitative estimate of drug-likeness (QED) is 0.905. The molecule has 3 nitrogen and oxygen atoms in total. The van der Waals surface area contributed by atoms with Gasteiger partial charge in [0.25, 0.3) is 0 Å². The van der Waals surface area contributed by atoms with Crippen molar-refractivity contribution in [3.05, 3.63) is 18.2 Å². The second kappa shape index (κ2) is 5.30. The van der Waals surface area contributed by atoms with E-state index in [2.05, 4.69) is 10.3 Å². The van der Waals surface area contributed by atoms with Crippen molar-refractivity contribution in [1.29, 1.82) is 0 Å². The summed E-state index contributed by atoms with van der Waals surface area (Å²) in [6, 6.07) is -1.36. The van der Waals surface area contributed by atoms with Crippen LogP contribution in [0.3, 0.4) is 0 Å². The van der Waals surface area contributed by atoms with E-state index in [0.717, 1.165) is 18.8 Å². The van der Waals surface area contributed by atoms with Crippen LogP contribution in [0.1, 0.15) is 25.6 Å². The molecule has 0 spiro atoms. The summed E-state index contributed by atoms with van der Waals surface area (Å²) in [5.74, 6) is 0.955. The van der Waals surface area contributed by atoms with E-state index in [0.29, 0.717) is 13.0 Å². The minimum absolute atomic E-state index is 0.0607. The molecule has 1 fully saturated rings. The van der Waals surface area contributed by atoms with E-state index in [4.69, 9.17) is 0 Å². The molecule has 1 aliphatic heterocycles. The molecule has 0 saturated carbocycles. The fourth-order valence-electron chi connectivity index (χ4n) is 2.51. The van der Waals surface area contributed by atoms with Crippen LogP contribution in [0.2, 0.25) is 0 Å². The Morgan fingerprint density at radius 1 is 1.50 bits per heavy atom. The molecule has 1 aliphatic rings. The van der Waals surface area contributed by atoms with E-state index in [9.17, 15) is 13.2 Å². The molecule has 0 radical (unpaired) electrons. The van der Waals surface area contributed by atoms with Crippen molar-refractivity contribution < 1.29 is 13.2 Å². The third-order valence-corrected chi connectivity index (χ3v) is 3.52. The highest BCUT2D eigenvalue weighted by atomic mass is 19.4. The lowest BCUT2D eigenvalue weighted by atomic mass is 9.89. The zero-order valence-corrected chi connectivity index (χ0v) is 10.4. The zero-order valence-electron chi connectivity index (χ0n) is 10.4. The minimum Gasteiger partial charge on any atom is -0.335 e. The van der Waals surface area contributed by atoms with Crippen LogP contribution in [0.5, 0.6) is 0 Å². The van der Waals surface area contributed by atoms with Gasteiger partial charge in [-0.15, -0.1) is 0 Å². The summed E-state index contributed by atoms with van der Waals surface area (Å²) in [6.45, 7) is 3.25. The van der Waals surface area contributed by atoms with Gasteiger partial charge in [0, 0.05) is 25.4 Å². The molecule has 102 valence electrons. The number of imidazole rings is 1. The fourth-order valence-corrected chi connectivity index (χ4v) is 2.51. The van der Waals surface area contributed by atoms with Crippen molar-refractivity contribution >= 4 is 0 Å². The Bertz CT molecular complexity index is 386. The van der Waals surface area contributed by atoms with Gasteiger partial charge in [-0.05, 0) is 32.2 Å². The normalized spacial score (nSPS) is 25.3. The molecule has 0 aromatic carbocycles. The predicted molar refractivity (Wildman–Crippen MR) is 62.2 cm³/mol. The number of halogens is 3. The highest BCUT2D eigenvalue weighted by Gasteiger charge is 2.42. The molecule has 0 bridgehead atoms. The standard InChI is InChI=1S/C12H18F3N3/c1-2-18-6-5-17-11(18)8-9-3-4-16-10(7-9)12(13,14)15/h5-6,9-10,16H,2-4,7-8H2,1H3. The van der Waals surface area contributed by atoms with Gasteiger partial charge in [-0.25, -0.2) is 4.98 Å². The number of alkyl halides is 3. The van der Waals surface area contributed by atoms with Crippen LogP contribution in [0.4, 0.5) is 13.2 Å². The second-order valence-electron chi connectivity index (χ2n) is 4.77. The number of rotatable bonds is 3. The summed E-state index contributed by atoms with van der Waals surface area (Å²) in [6.07, 6.45) is 1.01. The Kier molecular flexibility index (Phi) is 3.94. The minimum atomic E-state index is -4.14. The molecule has 2 heterocycles. The van der Waals surface area contributed by atoms with E-state index < -0.39 is 12.2 Å². The molecular formula is C12H18F3N3. The van der Waals surface area contributed by atoms with Crippen LogP contribution in [0.15, 0.2) is 12.4 Å². The maximum atomic E-state index is 12.7. The molecule has 0 amide bonds. The SMILES string of the molecule is CCn1ccnc1CC1CCNC(C(F)(F)F)C1. The van der Waals surface area contributed by atoms with Gasteiger partial charge in [0.05, 0.1) is 0 Å². The molecular weight excluding hydrogens is 243 g/mol. The molecule has 18 heavy (non-hydrogen) atoms. The first kappa shape index (κ1) is 13.4. The number of aromatic nitrogens is 2. The maximum absolute atomic E-state index is 12.7. The largest absolute Gasteiger partial charge is 0.403 e. The first-order valence-corrected chi connectivity index (χ1v) is 6.30. The highest BCUT2D eigenvalue weighted by molar-refractivity contribution is 4.96. The summed E-state index contributed by atoms with van der Waals surface area (Å²) in [5, 5.41) is 2.55. The van der Waals surface area contributed by atoms with E-state index in [-0.39, 0.29) is 12.3 Å². The molecule has 1 aromatic heterocycles. The van der Waals surface area contributed by atoms with Crippen LogP contribution in [-0.2, 0) is 13.0 Å². The first-order valence-electron chi connectivity index (χ1n) is 6.30. The van der Waals surface area contributed by atoms with Gasteiger partial charge in [-0.3, -0.25) is 0 Å². The van der Waals surface area contributed by atoms with Crippen LogP contribution in [0, 0.1) is 5.92 Å². The summed E-state index contributed by atoms with van der Waals surface area (Å²) in [5.41, 5.74) is 0. The molecule has 0 aliphatic carbocycles.